The number of carbonyl (C=O) groups excluding carboxylic acids is 1. The minimum absolute atomic E-state index is 0.151. The quantitative estimate of drug-likeness (QED) is 0.319. The molecule has 0 saturated heterocycles. The van der Waals surface area contributed by atoms with Gasteiger partial charge in [0.25, 0.3) is 0 Å². The molecular formula is C20H15Cl2NO2S. The molecule has 0 aliphatic rings. The fourth-order valence-corrected chi connectivity index (χ4v) is 3.51. The van der Waals surface area contributed by atoms with Crippen molar-refractivity contribution in [3.63, 3.8) is 0 Å². The fraction of sp³-hybridized carbons (Fsp3) is 0.100. The van der Waals surface area contributed by atoms with Crippen LogP contribution in [0.15, 0.2) is 53.9 Å². The lowest BCUT2D eigenvalue weighted by Crippen LogP contribution is -1.97. The van der Waals surface area contributed by atoms with Crippen LogP contribution >= 0.6 is 34.5 Å². The van der Waals surface area contributed by atoms with E-state index < -0.39 is 0 Å². The number of hydrogen-bond donors (Lipinski definition) is 1. The molecule has 0 unspecified atom stereocenters. The van der Waals surface area contributed by atoms with Gasteiger partial charge in [0.2, 0.25) is 0 Å². The Morgan fingerprint density at radius 1 is 1.19 bits per heavy atom. The summed E-state index contributed by atoms with van der Waals surface area (Å²) in [5.41, 5.74) is 2.87. The first-order valence-corrected chi connectivity index (χ1v) is 9.68. The number of ketones is 1. The van der Waals surface area contributed by atoms with Crippen LogP contribution in [0.2, 0.25) is 5.02 Å². The highest BCUT2D eigenvalue weighted by Gasteiger charge is 2.08. The van der Waals surface area contributed by atoms with E-state index in [4.69, 9.17) is 23.2 Å². The lowest BCUT2D eigenvalue weighted by molar-refractivity contribution is 0.104. The van der Waals surface area contributed by atoms with Gasteiger partial charge in [-0.25, -0.2) is 4.98 Å². The van der Waals surface area contributed by atoms with Crippen molar-refractivity contribution >= 4 is 46.4 Å². The molecule has 0 aliphatic carbocycles. The van der Waals surface area contributed by atoms with E-state index in [-0.39, 0.29) is 11.5 Å². The van der Waals surface area contributed by atoms with Crippen LogP contribution in [-0.2, 0) is 6.42 Å². The van der Waals surface area contributed by atoms with E-state index >= 15 is 0 Å². The van der Waals surface area contributed by atoms with E-state index in [1.165, 1.54) is 23.5 Å². The highest BCUT2D eigenvalue weighted by Crippen LogP contribution is 2.26. The number of allylic oxidation sites excluding steroid dienone is 1. The van der Waals surface area contributed by atoms with Crippen LogP contribution in [0.5, 0.6) is 5.75 Å². The zero-order valence-corrected chi connectivity index (χ0v) is 16.0. The highest BCUT2D eigenvalue weighted by atomic mass is 35.5. The minimum Gasteiger partial charge on any atom is -0.508 e. The van der Waals surface area contributed by atoms with Crippen LogP contribution in [0.25, 0.3) is 16.6 Å². The van der Waals surface area contributed by atoms with E-state index in [0.717, 1.165) is 10.6 Å². The predicted molar refractivity (Wildman–Crippen MR) is 108 cm³/mol. The molecule has 0 saturated carbocycles. The van der Waals surface area contributed by atoms with Crippen molar-refractivity contribution in [1.29, 1.82) is 0 Å². The van der Waals surface area contributed by atoms with Gasteiger partial charge in [-0.2, -0.15) is 0 Å². The Morgan fingerprint density at radius 3 is 2.69 bits per heavy atom. The van der Waals surface area contributed by atoms with Crippen molar-refractivity contribution < 1.29 is 9.90 Å². The third kappa shape index (κ3) is 4.52. The molecule has 1 aromatic heterocycles. The van der Waals surface area contributed by atoms with Crippen LogP contribution in [0.1, 0.15) is 21.6 Å². The largest absolute Gasteiger partial charge is 0.508 e. The number of nitrogens with zero attached hydrogens (tertiary/aromatic N) is 1. The molecule has 3 aromatic rings. The van der Waals surface area contributed by atoms with Crippen LogP contribution in [0, 0.1) is 0 Å². The molecule has 0 fully saturated rings. The number of hydrogen-bond acceptors (Lipinski definition) is 4. The number of thiazole rings is 1. The van der Waals surface area contributed by atoms with Crippen molar-refractivity contribution in [2.24, 2.45) is 0 Å². The summed E-state index contributed by atoms with van der Waals surface area (Å²) >= 11 is 13.1. The number of phenolic OH excluding ortho intramolecular Hbond substituents is 1. The van der Waals surface area contributed by atoms with Crippen LogP contribution < -0.4 is 0 Å². The second-order valence-corrected chi connectivity index (χ2v) is 7.24. The number of benzene rings is 2. The molecule has 0 atom stereocenters. The molecule has 0 spiro atoms. The summed E-state index contributed by atoms with van der Waals surface area (Å²) in [6, 6.07) is 12.2. The van der Waals surface area contributed by atoms with Gasteiger partial charge in [0.1, 0.15) is 10.8 Å². The Morgan fingerprint density at radius 2 is 1.96 bits per heavy atom. The molecule has 26 heavy (non-hydrogen) atoms. The summed E-state index contributed by atoms with van der Waals surface area (Å²) in [4.78, 5) is 16.9. The molecule has 0 bridgehead atoms. The maximum atomic E-state index is 12.4. The molecule has 3 nitrogen and oxygen atoms in total. The summed E-state index contributed by atoms with van der Waals surface area (Å²) in [5, 5.41) is 13.2. The number of halogens is 2. The number of aromatic hydroxyl groups is 1. The lowest BCUT2D eigenvalue weighted by atomic mass is 10.0. The van der Waals surface area contributed by atoms with E-state index in [1.807, 2.05) is 29.6 Å². The maximum absolute atomic E-state index is 12.4. The van der Waals surface area contributed by atoms with Gasteiger partial charge in [-0.1, -0.05) is 23.7 Å². The average Bonchev–Trinajstić information content (AvgIpc) is 3.11. The summed E-state index contributed by atoms with van der Waals surface area (Å²) in [5.74, 6) is 0.382. The van der Waals surface area contributed by atoms with Gasteiger partial charge in [0.05, 0.1) is 5.69 Å². The van der Waals surface area contributed by atoms with Gasteiger partial charge in [0, 0.05) is 27.4 Å². The van der Waals surface area contributed by atoms with Crippen molar-refractivity contribution in [2.45, 2.75) is 6.42 Å². The smallest absolute Gasteiger partial charge is 0.185 e. The standard InChI is InChI=1S/C20H15Cl2NO2S/c21-10-9-15-11-14(3-7-18(15)24)19(25)8-6-17-12-26-20(23-17)13-1-4-16(22)5-2-13/h1-8,11-12,24H,9-10H2/b8-6+. The van der Waals surface area contributed by atoms with Crippen molar-refractivity contribution in [2.75, 3.05) is 5.88 Å². The van der Waals surface area contributed by atoms with Gasteiger partial charge < -0.3 is 5.11 Å². The number of rotatable bonds is 6. The molecule has 3 rings (SSSR count). The Balaban J connectivity index is 1.75. The van der Waals surface area contributed by atoms with Gasteiger partial charge in [-0.3, -0.25) is 4.79 Å². The molecular weight excluding hydrogens is 389 g/mol. The van der Waals surface area contributed by atoms with E-state index in [0.29, 0.717) is 34.1 Å². The third-order valence-electron chi connectivity index (χ3n) is 3.75. The Bertz CT molecular complexity index is 949. The summed E-state index contributed by atoms with van der Waals surface area (Å²) in [7, 11) is 0. The molecule has 0 radical (unpaired) electrons. The van der Waals surface area contributed by atoms with Crippen LogP contribution in [-0.4, -0.2) is 21.8 Å². The van der Waals surface area contributed by atoms with Crippen LogP contribution in [0.4, 0.5) is 0 Å². The van der Waals surface area contributed by atoms with E-state index in [2.05, 4.69) is 4.98 Å². The third-order valence-corrected chi connectivity index (χ3v) is 5.10. The summed E-state index contributed by atoms with van der Waals surface area (Å²) < 4.78 is 0. The number of aromatic nitrogens is 1. The topological polar surface area (TPSA) is 50.2 Å². The first-order valence-electron chi connectivity index (χ1n) is 7.88. The Hall–Kier alpha value is -2.14. The number of carbonyl (C=O) groups is 1. The predicted octanol–water partition coefficient (Wildman–Crippen LogP) is 5.85. The second kappa shape index (κ2) is 8.49. The molecule has 0 amide bonds. The number of phenols is 1. The lowest BCUT2D eigenvalue weighted by Gasteiger charge is -2.04. The van der Waals surface area contributed by atoms with Crippen molar-refractivity contribution in [1.82, 2.24) is 4.98 Å². The normalized spacial score (nSPS) is 11.2. The Kier molecular flexibility index (Phi) is 6.09. The van der Waals surface area contributed by atoms with E-state index in [1.54, 1.807) is 18.2 Å². The molecule has 132 valence electrons. The summed E-state index contributed by atoms with van der Waals surface area (Å²) in [6.45, 7) is 0. The number of aryl methyl sites for hydroxylation is 1. The monoisotopic (exact) mass is 403 g/mol. The SMILES string of the molecule is O=C(/C=C/c1csc(-c2ccc(Cl)cc2)n1)c1ccc(O)c(CCCl)c1. The average molecular weight is 404 g/mol. The van der Waals surface area contributed by atoms with Gasteiger partial charge in [-0.05, 0) is 54.5 Å². The fourth-order valence-electron chi connectivity index (χ4n) is 2.39. The first kappa shape index (κ1) is 18.6. The van der Waals surface area contributed by atoms with Gasteiger partial charge >= 0.3 is 0 Å². The zero-order valence-electron chi connectivity index (χ0n) is 13.7. The molecule has 1 heterocycles. The Labute approximate surface area is 165 Å². The van der Waals surface area contributed by atoms with Crippen LogP contribution in [0.3, 0.4) is 0 Å². The number of alkyl halides is 1. The molecule has 1 N–H and O–H groups in total. The summed E-state index contributed by atoms with van der Waals surface area (Å²) in [6.07, 6.45) is 3.68. The van der Waals surface area contributed by atoms with E-state index in [9.17, 15) is 9.90 Å². The molecule has 2 aromatic carbocycles. The highest BCUT2D eigenvalue weighted by molar-refractivity contribution is 7.13. The first-order chi connectivity index (χ1) is 12.6. The minimum atomic E-state index is -0.151. The van der Waals surface area contributed by atoms with Gasteiger partial charge in [-0.15, -0.1) is 22.9 Å². The molecule has 6 heteroatoms. The van der Waals surface area contributed by atoms with Crippen molar-refractivity contribution in [3.8, 4) is 16.3 Å². The zero-order chi connectivity index (χ0) is 18.5. The van der Waals surface area contributed by atoms with Gasteiger partial charge in [0.15, 0.2) is 5.78 Å². The second-order valence-electron chi connectivity index (χ2n) is 5.56. The molecule has 0 aliphatic heterocycles. The maximum Gasteiger partial charge on any atom is 0.185 e. The van der Waals surface area contributed by atoms with Crippen molar-refractivity contribution in [3.05, 3.63) is 75.8 Å².